The van der Waals surface area contributed by atoms with E-state index < -0.39 is 0 Å². The minimum absolute atomic E-state index is 0.826. The van der Waals surface area contributed by atoms with Gasteiger partial charge in [0, 0.05) is 24.2 Å². The summed E-state index contributed by atoms with van der Waals surface area (Å²) in [5.74, 6) is 1.16. The molecule has 0 fully saturated rings. The van der Waals surface area contributed by atoms with Crippen LogP contribution in [0.15, 0.2) is 97.5 Å². The number of imidazole rings is 1. The maximum absolute atomic E-state index is 4.80. The highest BCUT2D eigenvalue weighted by atomic mass is 15.3. The average molecular weight is 400 g/mol. The normalized spacial score (nSPS) is 12.4. The van der Waals surface area contributed by atoms with E-state index in [0.29, 0.717) is 0 Å². The van der Waals surface area contributed by atoms with Crippen molar-refractivity contribution in [3.8, 4) is 22.8 Å². The predicted octanol–water partition coefficient (Wildman–Crippen LogP) is 4.68. The van der Waals surface area contributed by atoms with Crippen LogP contribution in [-0.4, -0.2) is 19.1 Å². The second-order valence-corrected chi connectivity index (χ2v) is 7.83. The molecule has 31 heavy (non-hydrogen) atoms. The van der Waals surface area contributed by atoms with E-state index in [1.165, 1.54) is 16.6 Å². The van der Waals surface area contributed by atoms with Crippen LogP contribution in [0.4, 0.5) is 0 Å². The first kappa shape index (κ1) is 16.5. The highest BCUT2D eigenvalue weighted by Gasteiger charge is 2.39. The maximum atomic E-state index is 4.80. The standard InChI is InChI=1S/C26H18N5/c1-3-8-19(9-4-1)30-24-21(12-7-14-28-24)23-26(30)31(20-10-5-2-6-11-20)25-22-16-27-15-13-18(22)17-29(23)25/h1-16H,17H2/q+1. The van der Waals surface area contributed by atoms with Crippen molar-refractivity contribution >= 4 is 22.2 Å². The Morgan fingerprint density at radius 2 is 1.48 bits per heavy atom. The lowest BCUT2D eigenvalue weighted by Gasteiger charge is -2.07. The number of para-hydroxylation sites is 2. The third-order valence-corrected chi connectivity index (χ3v) is 6.14. The predicted molar refractivity (Wildman–Crippen MR) is 120 cm³/mol. The molecule has 0 atom stereocenters. The van der Waals surface area contributed by atoms with E-state index in [9.17, 15) is 0 Å². The highest BCUT2D eigenvalue weighted by molar-refractivity contribution is 6.04. The number of pyridine rings is 2. The number of benzene rings is 2. The molecule has 2 aromatic carbocycles. The van der Waals surface area contributed by atoms with Gasteiger partial charge >= 0.3 is 0 Å². The number of aromatic nitrogens is 5. The van der Waals surface area contributed by atoms with Crippen molar-refractivity contribution in [1.29, 1.82) is 0 Å². The minimum atomic E-state index is 0.826. The Hall–Kier alpha value is -4.25. The molecule has 0 bridgehead atoms. The van der Waals surface area contributed by atoms with Crippen molar-refractivity contribution in [3.05, 3.63) is 103 Å². The maximum Gasteiger partial charge on any atom is 0.298 e. The van der Waals surface area contributed by atoms with E-state index in [2.05, 4.69) is 85.4 Å². The number of hydrogen-bond acceptors (Lipinski definition) is 2. The van der Waals surface area contributed by atoms with Crippen LogP contribution >= 0.6 is 0 Å². The van der Waals surface area contributed by atoms with Crippen LogP contribution in [0.25, 0.3) is 45.0 Å². The topological polar surface area (TPSA) is 39.5 Å². The molecule has 6 aromatic rings. The smallest absolute Gasteiger partial charge is 0.264 e. The summed E-state index contributed by atoms with van der Waals surface area (Å²) in [6, 6.07) is 27.4. The summed E-state index contributed by atoms with van der Waals surface area (Å²) in [5.41, 5.74) is 7.98. The molecule has 0 spiro atoms. The van der Waals surface area contributed by atoms with Crippen molar-refractivity contribution < 1.29 is 4.57 Å². The highest BCUT2D eigenvalue weighted by Crippen LogP contribution is 2.38. The van der Waals surface area contributed by atoms with Gasteiger partial charge in [-0.1, -0.05) is 36.4 Å². The fraction of sp³-hybridized carbons (Fsp3) is 0.0385. The second kappa shape index (κ2) is 6.12. The molecule has 5 heterocycles. The van der Waals surface area contributed by atoms with Gasteiger partial charge in [0.25, 0.3) is 11.5 Å². The number of hydrogen-bond donors (Lipinski definition) is 0. The zero-order valence-electron chi connectivity index (χ0n) is 16.7. The van der Waals surface area contributed by atoms with Gasteiger partial charge in [0.1, 0.15) is 12.2 Å². The minimum Gasteiger partial charge on any atom is -0.264 e. The van der Waals surface area contributed by atoms with Gasteiger partial charge in [-0.25, -0.2) is 9.55 Å². The van der Waals surface area contributed by atoms with E-state index in [4.69, 9.17) is 4.98 Å². The lowest BCUT2D eigenvalue weighted by atomic mass is 10.1. The lowest BCUT2D eigenvalue weighted by Crippen LogP contribution is -2.31. The van der Waals surface area contributed by atoms with E-state index in [0.717, 1.165) is 40.4 Å². The largest absolute Gasteiger partial charge is 0.298 e. The van der Waals surface area contributed by atoms with Crippen molar-refractivity contribution in [2.75, 3.05) is 0 Å². The molecular weight excluding hydrogens is 382 g/mol. The fourth-order valence-electron chi connectivity index (χ4n) is 4.88. The Labute approximate surface area is 178 Å². The van der Waals surface area contributed by atoms with E-state index in [1.807, 2.05) is 30.7 Å². The molecule has 0 N–H and O–H groups in total. The Balaban J connectivity index is 1.74. The summed E-state index contributed by atoms with van der Waals surface area (Å²) < 4.78 is 7.05. The molecule has 1 aliphatic rings. The number of fused-ring (bicyclic) bond motifs is 7. The molecule has 0 saturated carbocycles. The van der Waals surface area contributed by atoms with Crippen molar-refractivity contribution in [2.24, 2.45) is 0 Å². The van der Waals surface area contributed by atoms with Gasteiger partial charge in [-0.2, -0.15) is 4.57 Å². The van der Waals surface area contributed by atoms with Crippen molar-refractivity contribution in [3.63, 3.8) is 0 Å². The van der Waals surface area contributed by atoms with Gasteiger partial charge in [-0.05, 0) is 42.5 Å². The molecule has 0 amide bonds. The van der Waals surface area contributed by atoms with E-state index >= 15 is 0 Å². The average Bonchev–Trinajstić information content (AvgIpc) is 3.46. The Morgan fingerprint density at radius 3 is 2.26 bits per heavy atom. The Kier molecular flexibility index (Phi) is 3.27. The Bertz CT molecular complexity index is 1590. The molecule has 1 aliphatic heterocycles. The van der Waals surface area contributed by atoms with Crippen LogP contribution in [0.5, 0.6) is 0 Å². The quantitative estimate of drug-likeness (QED) is 0.395. The van der Waals surface area contributed by atoms with Crippen LogP contribution in [-0.2, 0) is 6.54 Å². The fourth-order valence-corrected chi connectivity index (χ4v) is 4.88. The lowest BCUT2D eigenvalue weighted by molar-refractivity contribution is -0.645. The van der Waals surface area contributed by atoms with E-state index in [1.54, 1.807) is 0 Å². The first-order valence-corrected chi connectivity index (χ1v) is 10.4. The molecule has 5 nitrogen and oxygen atoms in total. The summed E-state index contributed by atoms with van der Waals surface area (Å²) in [7, 11) is 0. The van der Waals surface area contributed by atoms with Crippen LogP contribution in [0.1, 0.15) is 5.56 Å². The zero-order valence-corrected chi connectivity index (χ0v) is 16.7. The molecule has 146 valence electrons. The molecule has 0 unspecified atom stereocenters. The molecular formula is C26H18N5+. The zero-order chi connectivity index (χ0) is 20.4. The molecule has 0 saturated heterocycles. The third kappa shape index (κ3) is 2.17. The van der Waals surface area contributed by atoms with Gasteiger partial charge in [0.2, 0.25) is 5.52 Å². The monoisotopic (exact) mass is 400 g/mol. The van der Waals surface area contributed by atoms with Crippen LogP contribution in [0.2, 0.25) is 0 Å². The Morgan fingerprint density at radius 1 is 0.742 bits per heavy atom. The summed E-state index contributed by atoms with van der Waals surface area (Å²) in [4.78, 5) is 9.24. The van der Waals surface area contributed by atoms with Crippen LogP contribution in [0, 0.1) is 0 Å². The van der Waals surface area contributed by atoms with Gasteiger partial charge in [-0.3, -0.25) is 9.55 Å². The summed E-state index contributed by atoms with van der Waals surface area (Å²) in [5, 5.41) is 1.15. The first-order chi connectivity index (χ1) is 15.4. The first-order valence-electron chi connectivity index (χ1n) is 10.4. The van der Waals surface area contributed by atoms with Gasteiger partial charge in [0.15, 0.2) is 5.65 Å². The molecule has 7 rings (SSSR count). The van der Waals surface area contributed by atoms with Crippen LogP contribution < -0.4 is 4.57 Å². The summed E-state index contributed by atoms with van der Waals surface area (Å²) in [6.07, 6.45) is 5.74. The van der Waals surface area contributed by atoms with Gasteiger partial charge in [-0.15, -0.1) is 0 Å². The molecule has 5 heteroatoms. The van der Waals surface area contributed by atoms with E-state index in [-0.39, 0.29) is 0 Å². The van der Waals surface area contributed by atoms with Crippen LogP contribution in [0.3, 0.4) is 0 Å². The molecule has 0 aliphatic carbocycles. The van der Waals surface area contributed by atoms with Crippen molar-refractivity contribution in [2.45, 2.75) is 6.54 Å². The van der Waals surface area contributed by atoms with Gasteiger partial charge < -0.3 is 0 Å². The number of rotatable bonds is 2. The van der Waals surface area contributed by atoms with Gasteiger partial charge in [0.05, 0.1) is 16.6 Å². The SMILES string of the molecule is c1ccc(-n2c3[n+](c4c5cccnc5n(-c5ccccc5)c42)Cc2ccncc2-3)cc1. The van der Waals surface area contributed by atoms with Crippen molar-refractivity contribution in [1.82, 2.24) is 19.1 Å². The third-order valence-electron chi connectivity index (χ3n) is 6.14. The molecule has 0 radical (unpaired) electrons. The number of nitrogens with zero attached hydrogens (tertiary/aromatic N) is 5. The summed E-state index contributed by atoms with van der Waals surface area (Å²) in [6.45, 7) is 0.826. The molecule has 4 aromatic heterocycles. The second-order valence-electron chi connectivity index (χ2n) is 7.83. The summed E-state index contributed by atoms with van der Waals surface area (Å²) >= 11 is 0.